The van der Waals surface area contributed by atoms with Crippen molar-refractivity contribution in [3.05, 3.63) is 42.5 Å². The summed E-state index contributed by atoms with van der Waals surface area (Å²) in [5.41, 5.74) is -0.442. The minimum absolute atomic E-state index is 0.0257. The number of imidazole rings is 1. The lowest BCUT2D eigenvalue weighted by molar-refractivity contribution is -0.137. The highest BCUT2D eigenvalue weighted by molar-refractivity contribution is 6.16. The molecule has 0 spiro atoms. The molecule has 2 rings (SSSR count). The Hall–Kier alpha value is -1.98. The van der Waals surface area contributed by atoms with Gasteiger partial charge in [0.1, 0.15) is 0 Å². The number of nitrogens with zero attached hydrogens (tertiary/aromatic N) is 2. The van der Waals surface area contributed by atoms with Crippen LogP contribution < -0.4 is 9.62 Å². The molecule has 0 fully saturated rings. The molecule has 1 heterocycles. The van der Waals surface area contributed by atoms with Crippen LogP contribution in [0.1, 0.15) is 5.56 Å². The Kier molecular flexibility index (Phi) is 4.02. The molecule has 1 aromatic heterocycles. The van der Waals surface area contributed by atoms with Crippen LogP contribution in [0.5, 0.6) is 0 Å². The summed E-state index contributed by atoms with van der Waals surface area (Å²) < 4.78 is 41.8. The quantitative estimate of drug-likeness (QED) is 0.834. The third kappa shape index (κ3) is 3.12. The first-order chi connectivity index (χ1) is 9.41. The van der Waals surface area contributed by atoms with Gasteiger partial charge in [-0.25, -0.2) is 4.98 Å². The van der Waals surface area contributed by atoms with Crippen molar-refractivity contribution in [2.75, 3.05) is 5.32 Å². The van der Waals surface area contributed by atoms with E-state index in [1.165, 1.54) is 23.2 Å². The average molecular weight is 296 g/mol. The Morgan fingerprint density at radius 1 is 1.35 bits per heavy atom. The molecule has 1 aromatic carbocycles. The lowest BCUT2D eigenvalue weighted by Crippen LogP contribution is -2.26. The van der Waals surface area contributed by atoms with E-state index in [1.54, 1.807) is 6.20 Å². The molecule has 20 heavy (non-hydrogen) atoms. The van der Waals surface area contributed by atoms with Crippen LogP contribution in [0.15, 0.2) is 36.9 Å². The normalized spacial score (nSPS) is 11.2. The van der Waals surface area contributed by atoms with Gasteiger partial charge in [-0.05, 0) is 18.2 Å². The number of alkyl halides is 3. The molecule has 0 saturated carbocycles. The van der Waals surface area contributed by atoms with Crippen molar-refractivity contribution in [3.8, 4) is 5.69 Å². The van der Waals surface area contributed by atoms with Crippen LogP contribution in [0.4, 0.5) is 23.7 Å². The van der Waals surface area contributed by atoms with Gasteiger partial charge in [0.25, 0.3) is 6.03 Å². The van der Waals surface area contributed by atoms with E-state index in [-0.39, 0.29) is 5.69 Å². The van der Waals surface area contributed by atoms with Crippen LogP contribution >= 0.6 is 0 Å². The first-order valence-corrected chi connectivity index (χ1v) is 5.96. The zero-order chi connectivity index (χ0) is 14.8. The largest absolute Gasteiger partial charge is 0.446 e. The molecule has 2 amide bonds. The number of carbonyl (C=O) groups excluding carboxylic acids is 1. The average Bonchev–Trinajstić information content (AvgIpc) is 2.91. The fourth-order valence-corrected chi connectivity index (χ4v) is 1.67. The number of rotatable bonds is 2. The lowest BCUT2D eigenvalue weighted by atomic mass is 10.1. The van der Waals surface area contributed by atoms with Crippen LogP contribution in [0.3, 0.4) is 0 Å². The van der Waals surface area contributed by atoms with Gasteiger partial charge in [-0.2, -0.15) is 13.2 Å². The van der Waals surface area contributed by atoms with Crippen LogP contribution in [0, 0.1) is 0 Å². The highest BCUT2D eigenvalue weighted by Crippen LogP contribution is 2.33. The molecular formula is C11H8AlF3N4O. The molecule has 0 saturated heterocycles. The van der Waals surface area contributed by atoms with Gasteiger partial charge in [0, 0.05) is 12.4 Å². The Balaban J connectivity index is 2.49. The number of amides is 2. The standard InChI is InChI=1S/C11H9F3N4O.Al/c12-11(13,14)7-1-2-9(18-4-3-16-6-18)8(5-7)17-10(15)19;/h1-6H,(H3,15,17,19);/q;+1/p-1. The maximum Gasteiger partial charge on any atom is 0.416 e. The predicted molar refractivity (Wildman–Crippen MR) is 66.5 cm³/mol. The van der Waals surface area contributed by atoms with Gasteiger partial charge in [0.05, 0.1) is 23.3 Å². The first kappa shape index (κ1) is 14.4. The summed E-state index contributed by atoms with van der Waals surface area (Å²) in [4.78, 5) is 15.1. The zero-order valence-corrected chi connectivity index (χ0v) is 11.1. The van der Waals surface area contributed by atoms with Gasteiger partial charge >= 0.3 is 22.7 Å². The summed E-state index contributed by atoms with van der Waals surface area (Å²) in [6, 6.07) is 2.44. The Morgan fingerprint density at radius 2 is 2.10 bits per heavy atom. The number of halogens is 3. The number of aromatic nitrogens is 2. The second kappa shape index (κ2) is 5.57. The molecule has 5 nitrogen and oxygen atoms in total. The number of nitrogens with one attached hydrogen (secondary N) is 2. The van der Waals surface area contributed by atoms with Gasteiger partial charge in [-0.1, -0.05) is 0 Å². The van der Waals surface area contributed by atoms with Crippen LogP contribution in [0.25, 0.3) is 5.69 Å². The number of carbonyl (C=O) groups is 1. The van der Waals surface area contributed by atoms with E-state index in [2.05, 4.69) is 14.6 Å². The molecular weight excluding hydrogens is 288 g/mol. The Labute approximate surface area is 120 Å². The summed E-state index contributed by atoms with van der Waals surface area (Å²) in [5.74, 6) is 0. The fraction of sp³-hybridized carbons (Fsp3) is 0.0909. The topological polar surface area (TPSA) is 59.0 Å². The van der Waals surface area contributed by atoms with E-state index in [4.69, 9.17) is 0 Å². The second-order valence-corrected chi connectivity index (χ2v) is 4.09. The summed E-state index contributed by atoms with van der Waals surface area (Å²) in [5, 5.41) is 2.34. The predicted octanol–water partition coefficient (Wildman–Crippen LogP) is 2.10. The summed E-state index contributed by atoms with van der Waals surface area (Å²) in [6.07, 6.45) is -0.0166. The molecule has 0 bridgehead atoms. The molecule has 0 aliphatic carbocycles. The molecule has 0 unspecified atom stereocenters. The number of benzene rings is 1. The van der Waals surface area contributed by atoms with Crippen molar-refractivity contribution in [3.63, 3.8) is 0 Å². The van der Waals surface area contributed by atoms with E-state index in [0.29, 0.717) is 5.69 Å². The second-order valence-electron chi connectivity index (χ2n) is 3.80. The number of anilines is 1. The molecule has 0 aliphatic rings. The monoisotopic (exact) mass is 296 g/mol. The minimum atomic E-state index is -4.48. The molecule has 102 valence electrons. The molecule has 0 atom stereocenters. The smallest absolute Gasteiger partial charge is 0.416 e. The van der Waals surface area contributed by atoms with E-state index in [1.807, 2.05) is 16.5 Å². The SMILES string of the molecule is O=C([NH][Al])Nc1cc(C(F)(F)F)ccc1-n1ccnc1. The highest BCUT2D eigenvalue weighted by atomic mass is 27.1. The van der Waals surface area contributed by atoms with Crippen LogP contribution in [-0.4, -0.2) is 32.1 Å². The fourth-order valence-electron chi connectivity index (χ4n) is 1.60. The minimum Gasteiger partial charge on any atom is -0.446 e. The highest BCUT2D eigenvalue weighted by Gasteiger charge is 2.31. The molecule has 2 aromatic rings. The van der Waals surface area contributed by atoms with Gasteiger partial charge < -0.3 is 14.2 Å². The Bertz CT molecular complexity index is 613. The molecule has 2 radical (unpaired) electrons. The van der Waals surface area contributed by atoms with E-state index >= 15 is 0 Å². The maximum atomic E-state index is 12.7. The van der Waals surface area contributed by atoms with E-state index < -0.39 is 17.8 Å². The summed E-state index contributed by atoms with van der Waals surface area (Å²) >= 11 is 1.96. The van der Waals surface area contributed by atoms with Gasteiger partial charge in [0.15, 0.2) is 0 Å². The number of hydrogen-bond donors (Lipinski definition) is 2. The molecule has 0 aliphatic heterocycles. The van der Waals surface area contributed by atoms with Crippen molar-refractivity contribution in [2.24, 2.45) is 0 Å². The van der Waals surface area contributed by atoms with Gasteiger partial charge in [-0.15, -0.1) is 0 Å². The lowest BCUT2D eigenvalue weighted by Gasteiger charge is -2.15. The summed E-state index contributed by atoms with van der Waals surface area (Å²) in [7, 11) is 0. The molecule has 9 heteroatoms. The van der Waals surface area contributed by atoms with Gasteiger partial charge in [-0.3, -0.25) is 4.79 Å². The van der Waals surface area contributed by atoms with Crippen molar-refractivity contribution in [2.45, 2.75) is 6.18 Å². The third-order valence-electron chi connectivity index (χ3n) is 2.49. The first-order valence-electron chi connectivity index (χ1n) is 5.39. The van der Waals surface area contributed by atoms with Crippen molar-refractivity contribution in [1.29, 1.82) is 0 Å². The summed E-state index contributed by atoms with van der Waals surface area (Å²) in [6.45, 7) is 0. The van der Waals surface area contributed by atoms with Crippen LogP contribution in [0.2, 0.25) is 0 Å². The van der Waals surface area contributed by atoms with Crippen molar-refractivity contribution in [1.82, 2.24) is 13.9 Å². The van der Waals surface area contributed by atoms with Crippen LogP contribution in [-0.2, 0) is 6.18 Å². The van der Waals surface area contributed by atoms with E-state index in [0.717, 1.165) is 12.1 Å². The maximum absolute atomic E-state index is 12.7. The third-order valence-corrected chi connectivity index (χ3v) is 2.75. The zero-order valence-electron chi connectivity index (χ0n) is 9.98. The van der Waals surface area contributed by atoms with Crippen molar-refractivity contribution < 1.29 is 18.0 Å². The number of urea groups is 1. The molecule has 2 N–H and O–H groups in total. The number of hydrogen-bond acceptors (Lipinski definition) is 2. The van der Waals surface area contributed by atoms with E-state index in [9.17, 15) is 18.0 Å². The Morgan fingerprint density at radius 3 is 2.65 bits per heavy atom. The van der Waals surface area contributed by atoms with Gasteiger partial charge in [0.2, 0.25) is 0 Å². The van der Waals surface area contributed by atoms with Crippen molar-refractivity contribution >= 4 is 28.2 Å².